The zero-order valence-corrected chi connectivity index (χ0v) is 15.1. The summed E-state index contributed by atoms with van der Waals surface area (Å²) in [6, 6.07) is 3.57. The van der Waals surface area contributed by atoms with E-state index in [0.717, 1.165) is 53.8 Å². The van der Waals surface area contributed by atoms with E-state index in [4.69, 9.17) is 15.7 Å². The molecule has 0 saturated carbocycles. The SMILES string of the molecule is NC(=O)C1CCCN1c1nc(-c2cccnc2)nc2sc3c(c12)CCC3. The number of thiophene rings is 1. The standard InChI is InChI=1S/C19H19N5OS/c20-16(25)13-6-3-9-24(13)18-15-12-5-1-7-14(12)26-19(15)23-17(22-18)11-4-2-8-21-10-11/h2,4,8,10,13H,1,3,5-7,9H2,(H2,20,25). The maximum atomic E-state index is 12.0. The number of hydrogen-bond donors (Lipinski definition) is 1. The highest BCUT2D eigenvalue weighted by Gasteiger charge is 2.33. The van der Waals surface area contributed by atoms with Crippen molar-refractivity contribution in [3.8, 4) is 11.4 Å². The van der Waals surface area contributed by atoms with Crippen LogP contribution in [-0.4, -0.2) is 33.4 Å². The molecule has 26 heavy (non-hydrogen) atoms. The van der Waals surface area contributed by atoms with Crippen LogP contribution >= 0.6 is 11.3 Å². The van der Waals surface area contributed by atoms with Gasteiger partial charge in [-0.1, -0.05) is 0 Å². The molecular formula is C19H19N5OS. The second kappa shape index (κ2) is 6.02. The van der Waals surface area contributed by atoms with Crippen LogP contribution in [-0.2, 0) is 17.6 Å². The predicted octanol–water partition coefficient (Wildman–Crippen LogP) is 2.70. The first-order chi connectivity index (χ1) is 12.7. The first-order valence-corrected chi connectivity index (χ1v) is 9.82. The van der Waals surface area contributed by atoms with Crippen LogP contribution in [0, 0.1) is 0 Å². The molecule has 1 aliphatic heterocycles. The average Bonchev–Trinajstić information content (AvgIpc) is 3.36. The number of aryl methyl sites for hydroxylation is 2. The molecule has 0 radical (unpaired) electrons. The number of nitrogens with zero attached hydrogens (tertiary/aromatic N) is 4. The Morgan fingerprint density at radius 2 is 2.19 bits per heavy atom. The monoisotopic (exact) mass is 365 g/mol. The summed E-state index contributed by atoms with van der Waals surface area (Å²) in [5.74, 6) is 1.26. The molecule has 1 aliphatic carbocycles. The topological polar surface area (TPSA) is 85.0 Å². The van der Waals surface area contributed by atoms with Gasteiger partial charge in [0.15, 0.2) is 5.82 Å². The molecule has 0 spiro atoms. The van der Waals surface area contributed by atoms with Gasteiger partial charge in [0.25, 0.3) is 0 Å². The smallest absolute Gasteiger partial charge is 0.240 e. The second-order valence-electron chi connectivity index (χ2n) is 6.90. The van der Waals surface area contributed by atoms with Crippen LogP contribution in [0.1, 0.15) is 29.7 Å². The van der Waals surface area contributed by atoms with Gasteiger partial charge in [-0.05, 0) is 49.8 Å². The first-order valence-electron chi connectivity index (χ1n) is 9.01. The lowest BCUT2D eigenvalue weighted by Gasteiger charge is -2.24. The third kappa shape index (κ3) is 2.38. The van der Waals surface area contributed by atoms with Crippen LogP contribution in [0.15, 0.2) is 24.5 Å². The summed E-state index contributed by atoms with van der Waals surface area (Å²) in [6.45, 7) is 0.802. The Morgan fingerprint density at radius 1 is 1.27 bits per heavy atom. The minimum absolute atomic E-state index is 0.274. The molecule has 7 heteroatoms. The van der Waals surface area contributed by atoms with E-state index in [1.54, 1.807) is 23.7 Å². The predicted molar refractivity (Wildman–Crippen MR) is 102 cm³/mol. The summed E-state index contributed by atoms with van der Waals surface area (Å²) in [4.78, 5) is 30.4. The van der Waals surface area contributed by atoms with E-state index in [9.17, 15) is 4.79 Å². The number of amides is 1. The summed E-state index contributed by atoms with van der Waals surface area (Å²) in [5, 5.41) is 1.13. The number of carbonyl (C=O) groups excluding carboxylic acids is 1. The van der Waals surface area contributed by atoms with Crippen molar-refractivity contribution < 1.29 is 4.79 Å². The summed E-state index contributed by atoms with van der Waals surface area (Å²) in [7, 11) is 0. The van der Waals surface area contributed by atoms with Crippen LogP contribution in [0.2, 0.25) is 0 Å². The van der Waals surface area contributed by atoms with Gasteiger partial charge >= 0.3 is 0 Å². The largest absolute Gasteiger partial charge is 0.368 e. The number of aromatic nitrogens is 3. The zero-order chi connectivity index (χ0) is 17.7. The molecule has 0 bridgehead atoms. The molecular weight excluding hydrogens is 346 g/mol. The fourth-order valence-corrected chi connectivity index (χ4v) is 5.38. The highest BCUT2D eigenvalue weighted by molar-refractivity contribution is 7.19. The van der Waals surface area contributed by atoms with Crippen LogP contribution in [0.4, 0.5) is 5.82 Å². The highest BCUT2D eigenvalue weighted by Crippen LogP contribution is 2.42. The van der Waals surface area contributed by atoms with Crippen LogP contribution < -0.4 is 10.6 Å². The molecule has 5 rings (SSSR count). The van der Waals surface area contributed by atoms with Crippen molar-refractivity contribution in [3.63, 3.8) is 0 Å². The van der Waals surface area contributed by atoms with E-state index in [0.29, 0.717) is 5.82 Å². The Labute approximate surface area is 155 Å². The molecule has 132 valence electrons. The van der Waals surface area contributed by atoms with Gasteiger partial charge < -0.3 is 10.6 Å². The molecule has 4 heterocycles. The normalized spacial score (nSPS) is 19.2. The number of anilines is 1. The van der Waals surface area contributed by atoms with Crippen molar-refractivity contribution in [3.05, 3.63) is 35.0 Å². The molecule has 6 nitrogen and oxygen atoms in total. The van der Waals surface area contributed by atoms with E-state index in [2.05, 4.69) is 9.88 Å². The number of nitrogens with two attached hydrogens (primary N) is 1. The minimum atomic E-state index is -0.285. The summed E-state index contributed by atoms with van der Waals surface area (Å²) >= 11 is 1.76. The molecule has 0 aromatic carbocycles. The molecule has 1 fully saturated rings. The Hall–Kier alpha value is -2.54. The summed E-state index contributed by atoms with van der Waals surface area (Å²) < 4.78 is 0. The van der Waals surface area contributed by atoms with Gasteiger partial charge in [0.05, 0.1) is 5.39 Å². The van der Waals surface area contributed by atoms with Crippen LogP contribution in [0.25, 0.3) is 21.6 Å². The third-order valence-corrected chi connectivity index (χ3v) is 6.50. The Bertz CT molecular complexity index is 1000. The molecule has 3 aromatic heterocycles. The molecule has 2 aliphatic rings. The third-order valence-electron chi connectivity index (χ3n) is 5.32. The van der Waals surface area contributed by atoms with Gasteiger partial charge in [-0.15, -0.1) is 11.3 Å². The fraction of sp³-hybridized carbons (Fsp3) is 0.368. The minimum Gasteiger partial charge on any atom is -0.368 e. The second-order valence-corrected chi connectivity index (χ2v) is 7.99. The maximum Gasteiger partial charge on any atom is 0.240 e. The maximum absolute atomic E-state index is 12.0. The van der Waals surface area contributed by atoms with E-state index in [1.165, 1.54) is 16.9 Å². The van der Waals surface area contributed by atoms with Crippen molar-refractivity contribution in [2.75, 3.05) is 11.4 Å². The van der Waals surface area contributed by atoms with Gasteiger partial charge in [-0.25, -0.2) is 9.97 Å². The van der Waals surface area contributed by atoms with Gasteiger partial charge in [0.2, 0.25) is 5.91 Å². The van der Waals surface area contributed by atoms with Crippen molar-refractivity contribution in [1.82, 2.24) is 15.0 Å². The van der Waals surface area contributed by atoms with Crippen molar-refractivity contribution in [1.29, 1.82) is 0 Å². The Balaban J connectivity index is 1.75. The number of primary amides is 1. The van der Waals surface area contributed by atoms with E-state index >= 15 is 0 Å². The summed E-state index contributed by atoms with van der Waals surface area (Å²) in [6.07, 6.45) is 8.61. The average molecular weight is 365 g/mol. The number of carbonyl (C=O) groups is 1. The molecule has 2 N–H and O–H groups in total. The van der Waals surface area contributed by atoms with Gasteiger partial charge in [-0.2, -0.15) is 0 Å². The van der Waals surface area contributed by atoms with Gasteiger partial charge in [0.1, 0.15) is 16.7 Å². The first kappa shape index (κ1) is 15.7. The number of hydrogen-bond acceptors (Lipinski definition) is 6. The van der Waals surface area contributed by atoms with E-state index < -0.39 is 0 Å². The summed E-state index contributed by atoms with van der Waals surface area (Å²) in [5.41, 5.74) is 7.93. The van der Waals surface area contributed by atoms with Crippen molar-refractivity contribution >= 4 is 33.3 Å². The number of fused-ring (bicyclic) bond motifs is 3. The van der Waals surface area contributed by atoms with Gasteiger partial charge in [0, 0.05) is 29.4 Å². The number of rotatable bonds is 3. The molecule has 1 atom stereocenters. The lowest BCUT2D eigenvalue weighted by atomic mass is 10.1. The van der Waals surface area contributed by atoms with Crippen molar-refractivity contribution in [2.45, 2.75) is 38.1 Å². The Kier molecular flexibility index (Phi) is 3.63. The quantitative estimate of drug-likeness (QED) is 0.771. The molecule has 1 amide bonds. The molecule has 3 aromatic rings. The fourth-order valence-electron chi connectivity index (χ4n) is 4.12. The lowest BCUT2D eigenvalue weighted by molar-refractivity contribution is -0.119. The van der Waals surface area contributed by atoms with E-state index in [1.807, 2.05) is 12.1 Å². The van der Waals surface area contributed by atoms with Crippen LogP contribution in [0.5, 0.6) is 0 Å². The lowest BCUT2D eigenvalue weighted by Crippen LogP contribution is -2.41. The molecule has 1 unspecified atom stereocenters. The van der Waals surface area contributed by atoms with E-state index in [-0.39, 0.29) is 11.9 Å². The Morgan fingerprint density at radius 3 is 3.00 bits per heavy atom. The van der Waals surface area contributed by atoms with Gasteiger partial charge in [-0.3, -0.25) is 9.78 Å². The molecule has 1 saturated heterocycles. The van der Waals surface area contributed by atoms with Crippen LogP contribution in [0.3, 0.4) is 0 Å². The number of pyridine rings is 1. The van der Waals surface area contributed by atoms with Crippen molar-refractivity contribution in [2.24, 2.45) is 5.73 Å². The zero-order valence-electron chi connectivity index (χ0n) is 14.3. The highest BCUT2D eigenvalue weighted by atomic mass is 32.1.